The molecule has 0 atom stereocenters. The summed E-state index contributed by atoms with van der Waals surface area (Å²) in [6.45, 7) is 5.43. The topological polar surface area (TPSA) is 94.8 Å². The van der Waals surface area contributed by atoms with Crippen molar-refractivity contribution in [2.75, 3.05) is 37.9 Å². The van der Waals surface area contributed by atoms with Crippen molar-refractivity contribution in [1.29, 1.82) is 0 Å². The minimum absolute atomic E-state index is 0.129. The number of hydrogen-bond donors (Lipinski definition) is 2. The molecule has 8 nitrogen and oxygen atoms in total. The van der Waals surface area contributed by atoms with E-state index in [1.807, 2.05) is 19.9 Å². The van der Waals surface area contributed by atoms with Gasteiger partial charge in [-0.15, -0.1) is 0 Å². The van der Waals surface area contributed by atoms with Crippen LogP contribution in [0.15, 0.2) is 23.9 Å². The first kappa shape index (κ1) is 18.1. The molecular weight excluding hydrogens is 334 g/mol. The van der Waals surface area contributed by atoms with Gasteiger partial charge in [-0.3, -0.25) is 10.3 Å². The van der Waals surface area contributed by atoms with Crippen LogP contribution < -0.4 is 25.6 Å². The minimum atomic E-state index is 0.129. The Kier molecular flexibility index (Phi) is 5.32. The van der Waals surface area contributed by atoms with Crippen molar-refractivity contribution < 1.29 is 14.3 Å². The van der Waals surface area contributed by atoms with Crippen molar-refractivity contribution in [2.24, 2.45) is 0 Å². The lowest BCUT2D eigenvalue weighted by Crippen LogP contribution is -2.33. The molecule has 1 aromatic heterocycles. The van der Waals surface area contributed by atoms with E-state index in [0.717, 1.165) is 29.6 Å². The highest BCUT2D eigenvalue weighted by Gasteiger charge is 2.18. The molecule has 8 heteroatoms. The van der Waals surface area contributed by atoms with Crippen molar-refractivity contribution in [3.05, 3.63) is 23.9 Å². The van der Waals surface area contributed by atoms with Crippen molar-refractivity contribution in [2.45, 2.75) is 26.4 Å². The number of hydrogen-bond acceptors (Lipinski definition) is 8. The molecule has 1 aliphatic heterocycles. The Morgan fingerprint density at radius 1 is 1.15 bits per heavy atom. The van der Waals surface area contributed by atoms with E-state index in [1.54, 1.807) is 20.3 Å². The standard InChI is InChI=1S/C18H25N5O3/c1-11(2)26-22-12-5-7-23(8-6-12)18-20-14-10-16(25-4)15(24-3)9-13(14)17(19)21-18/h5,9-11,22H,6-8H2,1-4H3,(H2,19,20,21). The molecule has 0 amide bonds. The molecule has 140 valence electrons. The number of benzene rings is 1. The first-order valence-corrected chi connectivity index (χ1v) is 8.56. The Morgan fingerprint density at radius 2 is 1.88 bits per heavy atom. The molecule has 2 heterocycles. The summed E-state index contributed by atoms with van der Waals surface area (Å²) in [5.74, 6) is 2.23. The van der Waals surface area contributed by atoms with E-state index in [1.165, 1.54) is 0 Å². The zero-order valence-electron chi connectivity index (χ0n) is 15.6. The Balaban J connectivity index is 1.85. The van der Waals surface area contributed by atoms with Crippen molar-refractivity contribution in [3.8, 4) is 11.5 Å². The molecular formula is C18H25N5O3. The van der Waals surface area contributed by atoms with Crippen molar-refractivity contribution in [3.63, 3.8) is 0 Å². The third kappa shape index (κ3) is 3.75. The summed E-state index contributed by atoms with van der Waals surface area (Å²) in [7, 11) is 3.18. The van der Waals surface area contributed by atoms with Crippen LogP contribution in [0.4, 0.5) is 11.8 Å². The number of hydroxylamine groups is 1. The number of methoxy groups -OCH3 is 2. The molecule has 0 bridgehead atoms. The van der Waals surface area contributed by atoms with Gasteiger partial charge in [-0.25, -0.2) is 4.98 Å². The highest BCUT2D eigenvalue weighted by molar-refractivity contribution is 5.91. The van der Waals surface area contributed by atoms with Gasteiger partial charge in [-0.2, -0.15) is 4.98 Å². The number of nitrogens with one attached hydrogen (secondary N) is 1. The van der Waals surface area contributed by atoms with E-state index in [2.05, 4.69) is 26.4 Å². The lowest BCUT2D eigenvalue weighted by molar-refractivity contribution is 0.0116. The van der Waals surface area contributed by atoms with E-state index in [-0.39, 0.29) is 6.10 Å². The third-order valence-electron chi connectivity index (χ3n) is 4.14. The molecule has 1 aliphatic rings. The van der Waals surface area contributed by atoms with Crippen LogP contribution in [0.1, 0.15) is 20.3 Å². The van der Waals surface area contributed by atoms with Gasteiger partial charge in [0.1, 0.15) is 5.82 Å². The van der Waals surface area contributed by atoms with Gasteiger partial charge in [0.2, 0.25) is 5.95 Å². The fourth-order valence-corrected chi connectivity index (χ4v) is 2.75. The minimum Gasteiger partial charge on any atom is -0.493 e. The fourth-order valence-electron chi connectivity index (χ4n) is 2.75. The summed E-state index contributed by atoms with van der Waals surface area (Å²) in [6.07, 6.45) is 3.02. The summed E-state index contributed by atoms with van der Waals surface area (Å²) >= 11 is 0. The molecule has 0 spiro atoms. The van der Waals surface area contributed by atoms with Crippen LogP contribution in [0, 0.1) is 0 Å². The van der Waals surface area contributed by atoms with Crippen LogP contribution in [0.5, 0.6) is 11.5 Å². The molecule has 2 aromatic rings. The van der Waals surface area contributed by atoms with E-state index < -0.39 is 0 Å². The quantitative estimate of drug-likeness (QED) is 0.759. The molecule has 26 heavy (non-hydrogen) atoms. The normalized spacial score (nSPS) is 14.5. The van der Waals surface area contributed by atoms with E-state index in [4.69, 9.17) is 20.0 Å². The number of nitrogens with zero attached hydrogens (tertiary/aromatic N) is 3. The molecule has 3 N–H and O–H groups in total. The summed E-state index contributed by atoms with van der Waals surface area (Å²) in [5, 5.41) is 0.742. The average molecular weight is 359 g/mol. The fraction of sp³-hybridized carbons (Fsp3) is 0.444. The summed E-state index contributed by atoms with van der Waals surface area (Å²) < 4.78 is 10.7. The monoisotopic (exact) mass is 359 g/mol. The van der Waals surface area contributed by atoms with Crippen LogP contribution in [0.2, 0.25) is 0 Å². The van der Waals surface area contributed by atoms with Crippen LogP contribution >= 0.6 is 0 Å². The van der Waals surface area contributed by atoms with Crippen LogP contribution in [-0.2, 0) is 4.84 Å². The Morgan fingerprint density at radius 3 is 2.50 bits per heavy atom. The second-order valence-corrected chi connectivity index (χ2v) is 6.33. The molecule has 0 radical (unpaired) electrons. The maximum atomic E-state index is 6.17. The van der Waals surface area contributed by atoms with Crippen LogP contribution in [0.3, 0.4) is 0 Å². The van der Waals surface area contributed by atoms with Crippen molar-refractivity contribution in [1.82, 2.24) is 15.4 Å². The number of aromatic nitrogens is 2. The van der Waals surface area contributed by atoms with Crippen LogP contribution in [-0.4, -0.2) is 43.4 Å². The average Bonchev–Trinajstić information content (AvgIpc) is 2.65. The largest absolute Gasteiger partial charge is 0.493 e. The Labute approximate surface area is 152 Å². The number of rotatable bonds is 6. The Hall–Kier alpha value is -2.74. The Bertz CT molecular complexity index is 822. The van der Waals surface area contributed by atoms with E-state index in [0.29, 0.717) is 29.8 Å². The van der Waals surface area contributed by atoms with E-state index in [9.17, 15) is 0 Å². The second-order valence-electron chi connectivity index (χ2n) is 6.33. The van der Waals surface area contributed by atoms with Gasteiger partial charge < -0.3 is 20.1 Å². The maximum absolute atomic E-state index is 6.17. The predicted molar refractivity (Wildman–Crippen MR) is 101 cm³/mol. The molecule has 0 saturated heterocycles. The number of fused-ring (bicyclic) bond motifs is 1. The number of ether oxygens (including phenoxy) is 2. The number of anilines is 2. The molecule has 0 unspecified atom stereocenters. The van der Waals surface area contributed by atoms with Gasteiger partial charge in [0.15, 0.2) is 11.5 Å². The van der Waals surface area contributed by atoms with Gasteiger partial charge in [0.25, 0.3) is 0 Å². The summed E-state index contributed by atoms with van der Waals surface area (Å²) in [6, 6.07) is 3.62. The van der Waals surface area contributed by atoms with Gasteiger partial charge in [-0.05, 0) is 26.0 Å². The number of nitrogens with two attached hydrogens (primary N) is 1. The van der Waals surface area contributed by atoms with Crippen LogP contribution in [0.25, 0.3) is 10.9 Å². The lowest BCUT2D eigenvalue weighted by Gasteiger charge is -2.27. The lowest BCUT2D eigenvalue weighted by atomic mass is 10.2. The highest BCUT2D eigenvalue weighted by Crippen LogP contribution is 2.34. The molecule has 0 saturated carbocycles. The van der Waals surface area contributed by atoms with Crippen molar-refractivity contribution >= 4 is 22.7 Å². The van der Waals surface area contributed by atoms with Gasteiger partial charge >= 0.3 is 0 Å². The molecule has 3 rings (SSSR count). The van der Waals surface area contributed by atoms with Gasteiger partial charge in [-0.1, -0.05) is 0 Å². The summed E-state index contributed by atoms with van der Waals surface area (Å²) in [4.78, 5) is 16.6. The first-order valence-electron chi connectivity index (χ1n) is 8.56. The van der Waals surface area contributed by atoms with E-state index >= 15 is 0 Å². The smallest absolute Gasteiger partial charge is 0.228 e. The molecule has 0 fully saturated rings. The highest BCUT2D eigenvalue weighted by atomic mass is 16.7. The van der Waals surface area contributed by atoms with Gasteiger partial charge in [0.05, 0.1) is 25.8 Å². The third-order valence-corrected chi connectivity index (χ3v) is 4.14. The predicted octanol–water partition coefficient (Wildman–Crippen LogP) is 2.25. The van der Waals surface area contributed by atoms with Gasteiger partial charge in [0, 0.05) is 36.7 Å². The zero-order valence-corrected chi connectivity index (χ0v) is 15.6. The summed E-state index contributed by atoms with van der Waals surface area (Å²) in [5.41, 5.74) is 11.0. The number of nitrogen functional groups attached to an aromatic ring is 1. The zero-order chi connectivity index (χ0) is 18.7. The second kappa shape index (κ2) is 7.65. The first-order chi connectivity index (χ1) is 12.5. The molecule has 0 aliphatic carbocycles. The molecule has 1 aromatic carbocycles. The maximum Gasteiger partial charge on any atom is 0.228 e. The SMILES string of the molecule is COc1cc2nc(N3CC=C(NOC(C)C)CC3)nc(N)c2cc1OC.